The summed E-state index contributed by atoms with van der Waals surface area (Å²) in [5.74, 6) is -0.150. The van der Waals surface area contributed by atoms with Gasteiger partial charge in [-0.05, 0) is 32.3 Å². The molecule has 0 aliphatic heterocycles. The van der Waals surface area contributed by atoms with Gasteiger partial charge in [0.2, 0.25) is 5.91 Å². The van der Waals surface area contributed by atoms with Crippen LogP contribution in [0.4, 0.5) is 0 Å². The van der Waals surface area contributed by atoms with E-state index < -0.39 is 0 Å². The highest BCUT2D eigenvalue weighted by atomic mass is 35.5. The van der Waals surface area contributed by atoms with Gasteiger partial charge in [-0.25, -0.2) is 0 Å². The largest absolute Gasteiger partial charge is 0.396 e. The van der Waals surface area contributed by atoms with E-state index in [4.69, 9.17) is 16.7 Å². The lowest BCUT2D eigenvalue weighted by molar-refractivity contribution is -0.116. The molecule has 1 aromatic heterocycles. The molecule has 0 aliphatic carbocycles. The highest BCUT2D eigenvalue weighted by Crippen LogP contribution is 2.19. The predicted octanol–water partition coefficient (Wildman–Crippen LogP) is 1.67. The van der Waals surface area contributed by atoms with Crippen molar-refractivity contribution in [3.8, 4) is 0 Å². The number of aliphatic hydroxyl groups is 1. The van der Waals surface area contributed by atoms with E-state index in [1.807, 2.05) is 6.92 Å². The molecule has 6 heteroatoms. The maximum absolute atomic E-state index is 11.6. The Labute approximate surface area is 118 Å². The highest BCUT2D eigenvalue weighted by molar-refractivity contribution is 6.31. The third-order valence-electron chi connectivity index (χ3n) is 2.73. The van der Waals surface area contributed by atoms with E-state index in [0.29, 0.717) is 11.7 Å². The number of halogens is 1. The number of carbonyl (C=O) groups is 1. The molecule has 0 radical (unpaired) electrons. The van der Waals surface area contributed by atoms with Crippen LogP contribution in [0.25, 0.3) is 6.08 Å². The number of rotatable bonds is 7. The number of amides is 1. The fourth-order valence-corrected chi connectivity index (χ4v) is 1.92. The molecule has 2 N–H and O–H groups in total. The molecule has 1 aromatic rings. The Balaban J connectivity index is 2.41. The van der Waals surface area contributed by atoms with E-state index in [9.17, 15) is 4.79 Å². The van der Waals surface area contributed by atoms with Gasteiger partial charge in [-0.2, -0.15) is 5.10 Å². The third-order valence-corrected chi connectivity index (χ3v) is 3.18. The number of aryl methyl sites for hydroxylation is 2. The first-order chi connectivity index (χ1) is 9.06. The molecule has 0 bridgehead atoms. The van der Waals surface area contributed by atoms with Crippen LogP contribution in [0.2, 0.25) is 5.15 Å². The van der Waals surface area contributed by atoms with Crippen LogP contribution in [0.1, 0.15) is 30.5 Å². The molecule has 1 amide bonds. The molecule has 19 heavy (non-hydrogen) atoms. The van der Waals surface area contributed by atoms with Crippen molar-refractivity contribution in [3.05, 3.63) is 22.5 Å². The first-order valence-electron chi connectivity index (χ1n) is 6.32. The van der Waals surface area contributed by atoms with Crippen molar-refractivity contribution in [2.24, 2.45) is 7.05 Å². The molecule has 0 aromatic carbocycles. The van der Waals surface area contributed by atoms with E-state index in [1.165, 1.54) is 6.08 Å². The summed E-state index contributed by atoms with van der Waals surface area (Å²) < 4.78 is 1.57. The number of unbranched alkanes of at least 4 members (excludes halogenated alkanes) is 2. The first kappa shape index (κ1) is 15.7. The minimum atomic E-state index is -0.150. The Morgan fingerprint density at radius 3 is 2.79 bits per heavy atom. The second kappa shape index (κ2) is 7.96. The van der Waals surface area contributed by atoms with E-state index in [-0.39, 0.29) is 12.5 Å². The Hall–Kier alpha value is -1.33. The lowest BCUT2D eigenvalue weighted by Crippen LogP contribution is -2.22. The van der Waals surface area contributed by atoms with Gasteiger partial charge in [0.25, 0.3) is 0 Å². The van der Waals surface area contributed by atoms with Crippen molar-refractivity contribution >= 4 is 23.6 Å². The zero-order chi connectivity index (χ0) is 14.3. The molecule has 0 fully saturated rings. The Bertz CT molecular complexity index is 455. The van der Waals surface area contributed by atoms with E-state index in [1.54, 1.807) is 17.8 Å². The van der Waals surface area contributed by atoms with Gasteiger partial charge in [0.15, 0.2) is 0 Å². The van der Waals surface area contributed by atoms with Crippen LogP contribution in [0.5, 0.6) is 0 Å². The second-order valence-electron chi connectivity index (χ2n) is 4.32. The second-order valence-corrected chi connectivity index (χ2v) is 4.68. The van der Waals surface area contributed by atoms with Gasteiger partial charge >= 0.3 is 0 Å². The van der Waals surface area contributed by atoms with Crippen molar-refractivity contribution in [3.63, 3.8) is 0 Å². The Morgan fingerprint density at radius 2 is 2.21 bits per heavy atom. The van der Waals surface area contributed by atoms with Crippen molar-refractivity contribution in [1.82, 2.24) is 15.1 Å². The molecule has 0 unspecified atom stereocenters. The van der Waals surface area contributed by atoms with Gasteiger partial charge in [-0.3, -0.25) is 9.48 Å². The summed E-state index contributed by atoms with van der Waals surface area (Å²) in [5.41, 5.74) is 1.55. The quantitative estimate of drug-likeness (QED) is 0.592. The molecular weight excluding hydrogens is 266 g/mol. The zero-order valence-corrected chi connectivity index (χ0v) is 12.1. The van der Waals surface area contributed by atoms with Gasteiger partial charge in [0.1, 0.15) is 5.15 Å². The molecule has 106 valence electrons. The minimum Gasteiger partial charge on any atom is -0.396 e. The molecule has 0 saturated carbocycles. The van der Waals surface area contributed by atoms with Gasteiger partial charge in [0, 0.05) is 31.8 Å². The van der Waals surface area contributed by atoms with E-state index in [0.717, 1.165) is 30.5 Å². The molecule has 0 aliphatic rings. The molecule has 0 atom stereocenters. The fourth-order valence-electron chi connectivity index (χ4n) is 1.68. The average molecular weight is 286 g/mol. The van der Waals surface area contributed by atoms with Gasteiger partial charge in [0.05, 0.1) is 5.69 Å². The van der Waals surface area contributed by atoms with Crippen LogP contribution in [-0.2, 0) is 11.8 Å². The van der Waals surface area contributed by atoms with Gasteiger partial charge in [-0.1, -0.05) is 11.6 Å². The topological polar surface area (TPSA) is 67.2 Å². The number of hydrogen-bond donors (Lipinski definition) is 2. The average Bonchev–Trinajstić information content (AvgIpc) is 2.61. The number of nitrogens with one attached hydrogen (secondary N) is 1. The minimum absolute atomic E-state index is 0.150. The number of aliphatic hydroxyl groups excluding tert-OH is 1. The van der Waals surface area contributed by atoms with Gasteiger partial charge < -0.3 is 10.4 Å². The molecule has 1 heterocycles. The maximum Gasteiger partial charge on any atom is 0.244 e. The summed E-state index contributed by atoms with van der Waals surface area (Å²) in [6.45, 7) is 2.66. The van der Waals surface area contributed by atoms with Crippen molar-refractivity contribution in [2.45, 2.75) is 26.2 Å². The van der Waals surface area contributed by atoms with Crippen LogP contribution in [0.3, 0.4) is 0 Å². The summed E-state index contributed by atoms with van der Waals surface area (Å²) >= 11 is 6.05. The normalized spacial score (nSPS) is 11.2. The Kier molecular flexibility index (Phi) is 6.59. The number of hydrogen-bond acceptors (Lipinski definition) is 3. The summed E-state index contributed by atoms with van der Waals surface area (Å²) in [6, 6.07) is 0. The highest BCUT2D eigenvalue weighted by Gasteiger charge is 2.08. The van der Waals surface area contributed by atoms with Crippen molar-refractivity contribution in [1.29, 1.82) is 0 Å². The van der Waals surface area contributed by atoms with Crippen LogP contribution in [0.15, 0.2) is 6.08 Å². The molecule has 5 nitrogen and oxygen atoms in total. The fraction of sp³-hybridized carbons (Fsp3) is 0.538. The molecule has 1 rings (SSSR count). The standard InChI is InChI=1S/C13H20ClN3O2/c1-10-11(13(14)17(2)16-10)6-7-12(19)15-8-4-3-5-9-18/h6-7,18H,3-5,8-9H2,1-2H3,(H,15,19)/b7-6+. The molecule has 0 saturated heterocycles. The number of nitrogens with zero attached hydrogens (tertiary/aromatic N) is 2. The van der Waals surface area contributed by atoms with Crippen molar-refractivity contribution in [2.75, 3.05) is 13.2 Å². The van der Waals surface area contributed by atoms with Crippen LogP contribution >= 0.6 is 11.6 Å². The Morgan fingerprint density at radius 1 is 1.47 bits per heavy atom. The molecular formula is C13H20ClN3O2. The van der Waals surface area contributed by atoms with Crippen molar-refractivity contribution < 1.29 is 9.90 Å². The lowest BCUT2D eigenvalue weighted by Gasteiger charge is -2.01. The zero-order valence-electron chi connectivity index (χ0n) is 11.3. The summed E-state index contributed by atoms with van der Waals surface area (Å²) in [6.07, 6.45) is 5.69. The number of carbonyl (C=O) groups excluding carboxylic acids is 1. The lowest BCUT2D eigenvalue weighted by atomic mass is 10.2. The summed E-state index contributed by atoms with van der Waals surface area (Å²) in [5, 5.41) is 16.1. The SMILES string of the molecule is Cc1nn(C)c(Cl)c1/C=C/C(=O)NCCCCCO. The summed E-state index contributed by atoms with van der Waals surface area (Å²) in [7, 11) is 1.76. The van der Waals surface area contributed by atoms with Gasteiger partial charge in [-0.15, -0.1) is 0 Å². The first-order valence-corrected chi connectivity index (χ1v) is 6.70. The smallest absolute Gasteiger partial charge is 0.244 e. The molecule has 0 spiro atoms. The van der Waals surface area contributed by atoms with Crippen LogP contribution in [-0.4, -0.2) is 33.9 Å². The number of aromatic nitrogens is 2. The van der Waals surface area contributed by atoms with Crippen LogP contribution in [0, 0.1) is 6.92 Å². The van der Waals surface area contributed by atoms with E-state index in [2.05, 4.69) is 10.4 Å². The monoisotopic (exact) mass is 285 g/mol. The van der Waals surface area contributed by atoms with Crippen LogP contribution < -0.4 is 5.32 Å². The van der Waals surface area contributed by atoms with E-state index >= 15 is 0 Å². The maximum atomic E-state index is 11.6. The summed E-state index contributed by atoms with van der Waals surface area (Å²) in [4.78, 5) is 11.6. The third kappa shape index (κ3) is 5.04. The predicted molar refractivity (Wildman–Crippen MR) is 75.9 cm³/mol.